The van der Waals surface area contributed by atoms with Gasteiger partial charge in [-0.2, -0.15) is 0 Å². The fourth-order valence-electron chi connectivity index (χ4n) is 2.71. The number of benzene rings is 2. The molecule has 7 nitrogen and oxygen atoms in total. The predicted molar refractivity (Wildman–Crippen MR) is 94.9 cm³/mol. The lowest BCUT2D eigenvalue weighted by Crippen LogP contribution is -2.34. The van der Waals surface area contributed by atoms with Crippen LogP contribution in [0, 0.1) is 0 Å². The smallest absolute Gasteiger partial charge is 0.352 e. The molecular weight excluding hydrogens is 338 g/mol. The van der Waals surface area contributed by atoms with Crippen molar-refractivity contribution in [2.24, 2.45) is 0 Å². The van der Waals surface area contributed by atoms with Gasteiger partial charge in [0.25, 0.3) is 0 Å². The Kier molecular flexibility index (Phi) is 5.95. The van der Waals surface area contributed by atoms with Crippen LogP contribution in [0.3, 0.4) is 0 Å². The highest BCUT2D eigenvalue weighted by Gasteiger charge is 2.22. The molecule has 2 N–H and O–H groups in total. The van der Waals surface area contributed by atoms with Crippen molar-refractivity contribution in [1.82, 2.24) is 4.90 Å². The van der Waals surface area contributed by atoms with E-state index >= 15 is 0 Å². The van der Waals surface area contributed by atoms with E-state index < -0.39 is 23.5 Å². The van der Waals surface area contributed by atoms with Crippen molar-refractivity contribution in [1.29, 1.82) is 0 Å². The van der Waals surface area contributed by atoms with Crippen LogP contribution in [0.4, 0.5) is 0 Å². The molecule has 0 aliphatic rings. The Balaban J connectivity index is 2.35. The number of ether oxygens (including phenoxy) is 1. The number of carbonyl (C=O) groups excluding carboxylic acids is 1. The molecule has 26 heavy (non-hydrogen) atoms. The number of nitrogens with zero attached hydrogens (tertiary/aromatic N) is 1. The molecule has 0 bridgehead atoms. The van der Waals surface area contributed by atoms with E-state index in [1.807, 2.05) is 36.4 Å². The zero-order chi connectivity index (χ0) is 19.3. The van der Waals surface area contributed by atoms with E-state index in [1.54, 1.807) is 7.11 Å². The summed E-state index contributed by atoms with van der Waals surface area (Å²) in [5.41, 5.74) is 0.329. The van der Waals surface area contributed by atoms with Crippen molar-refractivity contribution in [3.63, 3.8) is 0 Å². The maximum Gasteiger partial charge on any atom is 0.352 e. The Morgan fingerprint density at radius 1 is 1.15 bits per heavy atom. The molecule has 2 aromatic carbocycles. The summed E-state index contributed by atoms with van der Waals surface area (Å²) in [5, 5.41) is 20.0. The number of hydrogen-bond acceptors (Lipinski definition) is 4. The standard InChI is InChI=1S/C19H19NO6/c1-12(21)20(17(19(24)25)11-18(22)23)9-8-14-5-3-4-13-6-7-15(26-2)10-16(13)14/h3-7,10-11H,8-9H2,1-2H3,(H,22,23)(H,24,25)/b17-11-. The lowest BCUT2D eigenvalue weighted by atomic mass is 10.0. The Morgan fingerprint density at radius 3 is 2.46 bits per heavy atom. The van der Waals surface area contributed by atoms with Crippen LogP contribution in [0.25, 0.3) is 10.8 Å². The van der Waals surface area contributed by atoms with Gasteiger partial charge in [0.05, 0.1) is 13.2 Å². The molecule has 0 radical (unpaired) electrons. The zero-order valence-corrected chi connectivity index (χ0v) is 14.4. The first kappa shape index (κ1) is 19.0. The summed E-state index contributed by atoms with van der Waals surface area (Å²) in [5.74, 6) is -2.76. The van der Waals surface area contributed by atoms with Crippen LogP contribution in [-0.2, 0) is 20.8 Å². The number of methoxy groups -OCH3 is 1. The third kappa shape index (κ3) is 4.38. The Hall–Kier alpha value is -3.35. The number of carbonyl (C=O) groups is 3. The average molecular weight is 357 g/mol. The molecule has 0 aromatic heterocycles. The molecule has 0 spiro atoms. The molecule has 0 fully saturated rings. The van der Waals surface area contributed by atoms with Crippen molar-refractivity contribution in [3.05, 3.63) is 53.7 Å². The molecule has 1 amide bonds. The molecule has 2 aromatic rings. The monoisotopic (exact) mass is 357 g/mol. The number of carboxylic acids is 2. The summed E-state index contributed by atoms with van der Waals surface area (Å²) in [6.07, 6.45) is 0.879. The minimum atomic E-state index is -1.47. The van der Waals surface area contributed by atoms with E-state index in [1.165, 1.54) is 6.92 Å². The van der Waals surface area contributed by atoms with Gasteiger partial charge in [0, 0.05) is 13.5 Å². The molecule has 0 saturated heterocycles. The summed E-state index contributed by atoms with van der Waals surface area (Å²) < 4.78 is 5.24. The van der Waals surface area contributed by atoms with Crippen LogP contribution >= 0.6 is 0 Å². The zero-order valence-electron chi connectivity index (χ0n) is 14.4. The predicted octanol–water partition coefficient (Wildman–Crippen LogP) is 2.29. The molecular formula is C19H19NO6. The summed E-state index contributed by atoms with van der Waals surface area (Å²) >= 11 is 0. The average Bonchev–Trinajstić information content (AvgIpc) is 2.59. The first-order valence-electron chi connectivity index (χ1n) is 7.85. The normalized spacial score (nSPS) is 11.2. The molecule has 0 saturated carbocycles. The van der Waals surface area contributed by atoms with Crippen molar-refractivity contribution < 1.29 is 29.3 Å². The quantitative estimate of drug-likeness (QED) is 0.737. The van der Waals surface area contributed by atoms with Crippen molar-refractivity contribution in [2.45, 2.75) is 13.3 Å². The van der Waals surface area contributed by atoms with Crippen molar-refractivity contribution >= 4 is 28.6 Å². The second-order valence-corrected chi connectivity index (χ2v) is 5.60. The second kappa shape index (κ2) is 8.15. The Bertz CT molecular complexity index is 887. The molecule has 136 valence electrons. The molecule has 0 unspecified atom stereocenters. The van der Waals surface area contributed by atoms with Gasteiger partial charge in [0.1, 0.15) is 11.4 Å². The maximum absolute atomic E-state index is 11.9. The molecule has 2 rings (SSSR count). The molecule has 0 atom stereocenters. The van der Waals surface area contributed by atoms with Gasteiger partial charge in [-0.25, -0.2) is 9.59 Å². The summed E-state index contributed by atoms with van der Waals surface area (Å²) in [7, 11) is 1.57. The van der Waals surface area contributed by atoms with Crippen LogP contribution in [0.5, 0.6) is 5.75 Å². The van der Waals surface area contributed by atoms with Crippen molar-refractivity contribution in [2.75, 3.05) is 13.7 Å². The fourth-order valence-corrected chi connectivity index (χ4v) is 2.71. The van der Waals surface area contributed by atoms with Gasteiger partial charge in [0.2, 0.25) is 5.91 Å². The van der Waals surface area contributed by atoms with Gasteiger partial charge >= 0.3 is 11.9 Å². The van der Waals surface area contributed by atoms with Crippen LogP contribution in [0.1, 0.15) is 12.5 Å². The third-order valence-electron chi connectivity index (χ3n) is 3.93. The van der Waals surface area contributed by atoms with Gasteiger partial charge in [-0.15, -0.1) is 0 Å². The van der Waals surface area contributed by atoms with Crippen LogP contribution in [-0.4, -0.2) is 46.6 Å². The van der Waals surface area contributed by atoms with E-state index in [9.17, 15) is 19.5 Å². The van der Waals surface area contributed by atoms with E-state index in [0.717, 1.165) is 21.2 Å². The van der Waals surface area contributed by atoms with Crippen LogP contribution in [0.2, 0.25) is 0 Å². The largest absolute Gasteiger partial charge is 0.497 e. The number of carboxylic acid groups (broad SMARTS) is 2. The molecule has 7 heteroatoms. The maximum atomic E-state index is 11.9. The van der Waals surface area contributed by atoms with Gasteiger partial charge in [-0.05, 0) is 34.9 Å². The second-order valence-electron chi connectivity index (χ2n) is 5.60. The number of hydrogen-bond donors (Lipinski definition) is 2. The highest BCUT2D eigenvalue weighted by molar-refractivity contribution is 5.97. The summed E-state index contributed by atoms with van der Waals surface area (Å²) in [6, 6.07) is 11.3. The lowest BCUT2D eigenvalue weighted by Gasteiger charge is -2.21. The van der Waals surface area contributed by atoms with Gasteiger partial charge < -0.3 is 19.8 Å². The summed E-state index contributed by atoms with van der Waals surface area (Å²) in [4.78, 5) is 35.0. The highest BCUT2D eigenvalue weighted by atomic mass is 16.5. The number of aliphatic carboxylic acids is 2. The van der Waals surface area contributed by atoms with Gasteiger partial charge in [0.15, 0.2) is 0 Å². The van der Waals surface area contributed by atoms with Gasteiger partial charge in [-0.3, -0.25) is 4.79 Å². The Morgan fingerprint density at radius 2 is 1.88 bits per heavy atom. The van der Waals surface area contributed by atoms with Crippen LogP contribution < -0.4 is 4.74 Å². The first-order chi connectivity index (χ1) is 12.3. The fraction of sp³-hybridized carbons (Fsp3) is 0.211. The minimum absolute atomic E-state index is 0.0388. The number of amides is 1. The van der Waals surface area contributed by atoms with E-state index in [-0.39, 0.29) is 6.54 Å². The molecule has 0 aliphatic heterocycles. The first-order valence-corrected chi connectivity index (χ1v) is 7.85. The van der Waals surface area contributed by atoms with E-state index in [4.69, 9.17) is 9.84 Å². The van der Waals surface area contributed by atoms with Crippen LogP contribution in [0.15, 0.2) is 48.2 Å². The van der Waals surface area contributed by atoms with Gasteiger partial charge in [-0.1, -0.05) is 24.3 Å². The highest BCUT2D eigenvalue weighted by Crippen LogP contribution is 2.25. The molecule has 0 heterocycles. The summed E-state index contributed by atoms with van der Waals surface area (Å²) in [6.45, 7) is 1.24. The van der Waals surface area contributed by atoms with Crippen molar-refractivity contribution in [3.8, 4) is 5.75 Å². The lowest BCUT2D eigenvalue weighted by molar-refractivity contribution is -0.139. The van der Waals surface area contributed by atoms with E-state index in [0.29, 0.717) is 18.2 Å². The van der Waals surface area contributed by atoms with E-state index in [2.05, 4.69) is 0 Å². The minimum Gasteiger partial charge on any atom is -0.497 e. The molecule has 0 aliphatic carbocycles. The topological polar surface area (TPSA) is 104 Å². The SMILES string of the molecule is COc1ccc2cccc(CCN(C(C)=O)/C(=C\C(=O)O)C(=O)O)c2c1. The number of rotatable bonds is 7. The Labute approximate surface area is 150 Å². The number of fused-ring (bicyclic) bond motifs is 1. The third-order valence-corrected chi connectivity index (χ3v) is 3.93.